The summed E-state index contributed by atoms with van der Waals surface area (Å²) in [7, 11) is 0. The topological polar surface area (TPSA) is 82.4 Å². The number of halogens is 1. The number of anilines is 1. The van der Waals surface area contributed by atoms with Crippen LogP contribution in [0.15, 0.2) is 65.6 Å². The lowest BCUT2D eigenvalue weighted by Gasteiger charge is -2.10. The minimum atomic E-state index is -0.568. The normalized spacial score (nSPS) is 10.8. The van der Waals surface area contributed by atoms with Crippen LogP contribution in [0, 0.1) is 0 Å². The minimum absolute atomic E-state index is 0.0529. The van der Waals surface area contributed by atoms with Crippen molar-refractivity contribution in [2.75, 3.05) is 11.9 Å². The number of hydrogen-bond acceptors (Lipinski definition) is 6. The zero-order valence-corrected chi connectivity index (χ0v) is 18.1. The number of amides is 1. The first-order chi connectivity index (χ1) is 15.0. The smallest absolute Gasteiger partial charge is 0.295 e. The zero-order valence-electron chi connectivity index (χ0n) is 16.5. The van der Waals surface area contributed by atoms with Gasteiger partial charge < -0.3 is 9.57 Å². The number of benzene rings is 2. The van der Waals surface area contributed by atoms with Crippen LogP contribution >= 0.6 is 22.9 Å². The van der Waals surface area contributed by atoms with Crippen molar-refractivity contribution in [2.45, 2.75) is 13.5 Å². The number of nitrogens with one attached hydrogen (secondary N) is 1. The summed E-state index contributed by atoms with van der Waals surface area (Å²) in [5.41, 5.74) is 0.916. The van der Waals surface area contributed by atoms with Gasteiger partial charge in [-0.2, -0.15) is 4.73 Å². The van der Waals surface area contributed by atoms with E-state index in [4.69, 9.17) is 21.2 Å². The Bertz CT molecular complexity index is 1300. The molecule has 0 radical (unpaired) electrons. The number of nitrogens with zero attached hydrogens (tertiary/aromatic N) is 2. The largest absolute Gasteiger partial charge is 0.494 e. The van der Waals surface area contributed by atoms with Crippen molar-refractivity contribution >= 4 is 44.2 Å². The van der Waals surface area contributed by atoms with Crippen molar-refractivity contribution in [1.29, 1.82) is 0 Å². The first-order valence-electron chi connectivity index (χ1n) is 9.47. The summed E-state index contributed by atoms with van der Waals surface area (Å²) >= 11 is 7.27. The lowest BCUT2D eigenvalue weighted by molar-refractivity contribution is 0.0863. The van der Waals surface area contributed by atoms with Crippen molar-refractivity contribution in [3.05, 3.63) is 87.3 Å². The lowest BCUT2D eigenvalue weighted by atomic mass is 10.2. The van der Waals surface area contributed by atoms with Gasteiger partial charge in [-0.05, 0) is 55.0 Å². The molecular formula is C22H18ClN3O4S. The first kappa shape index (κ1) is 20.9. The molecule has 2 aromatic heterocycles. The highest BCUT2D eigenvalue weighted by molar-refractivity contribution is 7.22. The zero-order chi connectivity index (χ0) is 21.8. The molecule has 1 N–H and O–H groups in total. The molecule has 0 unspecified atom stereocenters. The molecule has 1 amide bonds. The Morgan fingerprint density at radius 1 is 1.19 bits per heavy atom. The third kappa shape index (κ3) is 4.87. The number of rotatable bonds is 7. The molecule has 0 saturated heterocycles. The molecule has 4 aromatic rings. The van der Waals surface area contributed by atoms with Gasteiger partial charge in [-0.1, -0.05) is 35.1 Å². The molecule has 0 saturated carbocycles. The molecule has 158 valence electrons. The summed E-state index contributed by atoms with van der Waals surface area (Å²) in [5.74, 6) is 0.175. The van der Waals surface area contributed by atoms with Crippen LogP contribution < -0.4 is 20.5 Å². The van der Waals surface area contributed by atoms with Gasteiger partial charge in [0.1, 0.15) is 17.9 Å². The van der Waals surface area contributed by atoms with Crippen molar-refractivity contribution in [3.8, 4) is 5.75 Å². The molecule has 31 heavy (non-hydrogen) atoms. The van der Waals surface area contributed by atoms with Crippen LogP contribution in [-0.4, -0.2) is 22.2 Å². The second kappa shape index (κ2) is 9.20. The number of ether oxygens (including phenoxy) is 1. The summed E-state index contributed by atoms with van der Waals surface area (Å²) in [4.78, 5) is 35.3. The van der Waals surface area contributed by atoms with E-state index in [-0.39, 0.29) is 12.2 Å². The molecule has 0 bridgehead atoms. The highest BCUT2D eigenvalue weighted by atomic mass is 35.5. The average Bonchev–Trinajstić information content (AvgIpc) is 3.14. The summed E-state index contributed by atoms with van der Waals surface area (Å²) in [6, 6.07) is 15.6. The number of thiazole rings is 1. The molecule has 0 fully saturated rings. The summed E-state index contributed by atoms with van der Waals surface area (Å²) in [5, 5.41) is 3.66. The Hall–Kier alpha value is -3.36. The lowest BCUT2D eigenvalue weighted by Crippen LogP contribution is -2.32. The van der Waals surface area contributed by atoms with E-state index < -0.39 is 11.5 Å². The Morgan fingerprint density at radius 2 is 2.06 bits per heavy atom. The average molecular weight is 456 g/mol. The van der Waals surface area contributed by atoms with E-state index in [9.17, 15) is 9.59 Å². The minimum Gasteiger partial charge on any atom is -0.494 e. The highest BCUT2D eigenvalue weighted by Crippen LogP contribution is 2.29. The van der Waals surface area contributed by atoms with E-state index in [1.807, 2.05) is 31.2 Å². The van der Waals surface area contributed by atoms with Crippen LogP contribution in [0.5, 0.6) is 5.75 Å². The van der Waals surface area contributed by atoms with Gasteiger partial charge in [-0.25, -0.2) is 4.98 Å². The molecule has 0 aliphatic carbocycles. The second-order valence-corrected chi connectivity index (χ2v) is 7.96. The fourth-order valence-electron chi connectivity index (χ4n) is 2.90. The number of carbonyl (C=O) groups is 1. The maximum absolute atomic E-state index is 12.7. The van der Waals surface area contributed by atoms with Crippen LogP contribution in [-0.2, 0) is 6.61 Å². The SMILES string of the molecule is CCOc1ccc2nc(NC(=O)c3cccn(OCc4cccc(Cl)c4)c3=O)sc2c1. The fraction of sp³-hybridized carbons (Fsp3) is 0.136. The van der Waals surface area contributed by atoms with Gasteiger partial charge in [0.05, 0.1) is 16.8 Å². The van der Waals surface area contributed by atoms with E-state index in [2.05, 4.69) is 10.3 Å². The van der Waals surface area contributed by atoms with E-state index in [0.29, 0.717) is 16.8 Å². The standard InChI is InChI=1S/C22H18ClN3O4S/c1-2-29-16-8-9-18-19(12-16)31-22(24-18)25-20(27)17-7-4-10-26(21(17)28)30-13-14-5-3-6-15(23)11-14/h3-12H,2,13H2,1H3,(H,24,25,27). The molecule has 0 aliphatic rings. The monoisotopic (exact) mass is 455 g/mol. The number of carbonyl (C=O) groups excluding carboxylic acids is 1. The van der Waals surface area contributed by atoms with Crippen LogP contribution in [0.25, 0.3) is 10.2 Å². The van der Waals surface area contributed by atoms with Crippen LogP contribution in [0.3, 0.4) is 0 Å². The summed E-state index contributed by atoms with van der Waals surface area (Å²) in [6.07, 6.45) is 1.45. The molecule has 0 spiro atoms. The molecule has 2 aromatic carbocycles. The molecular weight excluding hydrogens is 438 g/mol. The van der Waals surface area contributed by atoms with E-state index in [1.54, 1.807) is 24.3 Å². The van der Waals surface area contributed by atoms with Gasteiger partial charge in [-0.15, -0.1) is 0 Å². The highest BCUT2D eigenvalue weighted by Gasteiger charge is 2.15. The van der Waals surface area contributed by atoms with Gasteiger partial charge in [-0.3, -0.25) is 14.9 Å². The third-order valence-corrected chi connectivity index (χ3v) is 5.48. The Labute approximate surface area is 186 Å². The maximum atomic E-state index is 12.7. The number of hydrogen-bond donors (Lipinski definition) is 1. The fourth-order valence-corrected chi connectivity index (χ4v) is 4.00. The number of pyridine rings is 1. The van der Waals surface area contributed by atoms with Crippen molar-refractivity contribution in [2.24, 2.45) is 0 Å². The first-order valence-corrected chi connectivity index (χ1v) is 10.7. The molecule has 7 nitrogen and oxygen atoms in total. The number of fused-ring (bicyclic) bond motifs is 1. The van der Waals surface area contributed by atoms with Crippen molar-refractivity contribution in [3.63, 3.8) is 0 Å². The van der Waals surface area contributed by atoms with Gasteiger partial charge in [0.15, 0.2) is 5.13 Å². The molecule has 9 heteroatoms. The van der Waals surface area contributed by atoms with Gasteiger partial charge in [0, 0.05) is 11.2 Å². The molecule has 4 rings (SSSR count). The summed E-state index contributed by atoms with van der Waals surface area (Å²) < 4.78 is 7.39. The van der Waals surface area contributed by atoms with Crippen molar-refractivity contribution in [1.82, 2.24) is 9.71 Å². The molecule has 2 heterocycles. The van der Waals surface area contributed by atoms with Crippen molar-refractivity contribution < 1.29 is 14.4 Å². The predicted octanol–water partition coefficient (Wildman–Crippen LogP) is 4.39. The quantitative estimate of drug-likeness (QED) is 0.447. The van der Waals surface area contributed by atoms with E-state index in [0.717, 1.165) is 26.3 Å². The Balaban J connectivity index is 1.50. The molecule has 0 aliphatic heterocycles. The van der Waals surface area contributed by atoms with Gasteiger partial charge >= 0.3 is 0 Å². The Kier molecular flexibility index (Phi) is 6.20. The predicted molar refractivity (Wildman–Crippen MR) is 121 cm³/mol. The number of aromatic nitrogens is 2. The van der Waals surface area contributed by atoms with Gasteiger partial charge in [0.25, 0.3) is 11.5 Å². The maximum Gasteiger partial charge on any atom is 0.295 e. The Morgan fingerprint density at radius 3 is 2.87 bits per heavy atom. The third-order valence-electron chi connectivity index (χ3n) is 4.31. The van der Waals surface area contributed by atoms with Crippen LogP contribution in [0.4, 0.5) is 5.13 Å². The van der Waals surface area contributed by atoms with Crippen LogP contribution in [0.1, 0.15) is 22.8 Å². The molecule has 0 atom stereocenters. The second-order valence-electron chi connectivity index (χ2n) is 6.49. The van der Waals surface area contributed by atoms with Crippen LogP contribution in [0.2, 0.25) is 5.02 Å². The van der Waals surface area contributed by atoms with E-state index >= 15 is 0 Å². The van der Waals surface area contributed by atoms with E-state index in [1.165, 1.54) is 23.6 Å². The summed E-state index contributed by atoms with van der Waals surface area (Å²) in [6.45, 7) is 2.60. The van der Waals surface area contributed by atoms with Gasteiger partial charge in [0.2, 0.25) is 0 Å².